The average molecular weight is 461 g/mol. The van der Waals surface area contributed by atoms with E-state index in [0.29, 0.717) is 12.0 Å². The molecule has 0 unspecified atom stereocenters. The molecular weight excluding hydrogens is 424 g/mol. The summed E-state index contributed by atoms with van der Waals surface area (Å²) in [6, 6.07) is 6.71. The number of ether oxygens (including phenoxy) is 1. The van der Waals surface area contributed by atoms with Gasteiger partial charge in [0, 0.05) is 43.3 Å². The molecule has 3 rings (SSSR count). The van der Waals surface area contributed by atoms with E-state index in [1.165, 1.54) is 11.5 Å². The molecule has 2 heterocycles. The van der Waals surface area contributed by atoms with Gasteiger partial charge in [-0.25, -0.2) is 4.98 Å². The summed E-state index contributed by atoms with van der Waals surface area (Å²) in [5.41, 5.74) is 3.08. The van der Waals surface area contributed by atoms with Gasteiger partial charge in [0.05, 0.1) is 17.8 Å². The number of carboxylic acids is 1. The summed E-state index contributed by atoms with van der Waals surface area (Å²) in [6.07, 6.45) is 2.10. The summed E-state index contributed by atoms with van der Waals surface area (Å²) in [5, 5.41) is 13.5. The van der Waals surface area contributed by atoms with Crippen LogP contribution in [-0.2, 0) is 9.53 Å². The normalized spacial score (nSPS) is 15.8. The fourth-order valence-corrected chi connectivity index (χ4v) is 4.78. The minimum absolute atomic E-state index is 0.0793. The molecule has 0 saturated carbocycles. The van der Waals surface area contributed by atoms with E-state index in [4.69, 9.17) is 4.74 Å². The fraction of sp³-hybridized carbons (Fsp3) is 0.625. The van der Waals surface area contributed by atoms with Gasteiger partial charge in [0.25, 0.3) is 0 Å². The van der Waals surface area contributed by atoms with E-state index in [1.54, 1.807) is 0 Å². The molecule has 1 aromatic heterocycles. The maximum Gasteiger partial charge on any atom is 0.303 e. The lowest BCUT2D eigenvalue weighted by molar-refractivity contribution is -0.137. The zero-order valence-corrected chi connectivity index (χ0v) is 20.6. The van der Waals surface area contributed by atoms with Crippen molar-refractivity contribution in [1.29, 1.82) is 0 Å². The van der Waals surface area contributed by atoms with Crippen LogP contribution in [0.25, 0.3) is 0 Å². The van der Waals surface area contributed by atoms with E-state index in [0.717, 1.165) is 60.5 Å². The number of anilines is 3. The molecule has 0 aliphatic carbocycles. The van der Waals surface area contributed by atoms with Gasteiger partial charge in [-0.1, -0.05) is 40.7 Å². The van der Waals surface area contributed by atoms with E-state index in [-0.39, 0.29) is 18.3 Å². The van der Waals surface area contributed by atoms with Crippen LogP contribution in [0.15, 0.2) is 18.2 Å². The van der Waals surface area contributed by atoms with Crippen LogP contribution in [0.1, 0.15) is 77.1 Å². The molecule has 1 aromatic carbocycles. The third kappa shape index (κ3) is 6.42. The van der Waals surface area contributed by atoms with Crippen molar-refractivity contribution < 1.29 is 14.6 Å². The topological polar surface area (TPSA) is 87.6 Å². The molecule has 7 nitrogen and oxygen atoms in total. The first-order chi connectivity index (χ1) is 15.2. The summed E-state index contributed by atoms with van der Waals surface area (Å²) in [7, 11) is 0. The van der Waals surface area contributed by atoms with Gasteiger partial charge in [-0.15, -0.1) is 0 Å². The first-order valence-corrected chi connectivity index (χ1v) is 12.3. The Kier molecular flexibility index (Phi) is 8.48. The number of carbonyl (C=O) groups is 1. The Hall–Kier alpha value is -2.19. The standard InChI is InChI=1S/C24H36N4O3S/c1-15(2)14-28(19-8-10-31-11-9-19)21-7-6-18(17(5)12-22(29)30)13-20(21)25-24-26-23(16(3)4)27-32-24/h6-7,13,15-17,19H,8-12,14H2,1-5H3,(H,29,30)(H,25,26,27)/t17-/m1/s1. The van der Waals surface area contributed by atoms with Crippen molar-refractivity contribution in [2.75, 3.05) is 30.0 Å². The Labute approximate surface area is 195 Å². The van der Waals surface area contributed by atoms with Crippen molar-refractivity contribution in [3.8, 4) is 0 Å². The highest BCUT2D eigenvalue weighted by atomic mass is 32.1. The number of hydrogen-bond acceptors (Lipinski definition) is 7. The molecule has 1 aliphatic rings. The highest BCUT2D eigenvalue weighted by Gasteiger charge is 2.25. The van der Waals surface area contributed by atoms with Crippen LogP contribution in [0, 0.1) is 5.92 Å². The maximum atomic E-state index is 11.3. The van der Waals surface area contributed by atoms with Crippen LogP contribution in [0.2, 0.25) is 0 Å². The van der Waals surface area contributed by atoms with Gasteiger partial charge >= 0.3 is 5.97 Å². The van der Waals surface area contributed by atoms with Crippen molar-refractivity contribution in [3.05, 3.63) is 29.6 Å². The van der Waals surface area contributed by atoms with Crippen molar-refractivity contribution in [1.82, 2.24) is 9.36 Å². The van der Waals surface area contributed by atoms with E-state index in [9.17, 15) is 9.90 Å². The molecule has 32 heavy (non-hydrogen) atoms. The van der Waals surface area contributed by atoms with Gasteiger partial charge in [0.1, 0.15) is 5.82 Å². The molecule has 2 aromatic rings. The molecule has 0 radical (unpaired) electrons. The van der Waals surface area contributed by atoms with Crippen LogP contribution in [-0.4, -0.2) is 46.2 Å². The highest BCUT2D eigenvalue weighted by molar-refractivity contribution is 7.09. The second kappa shape index (κ2) is 11.1. The monoisotopic (exact) mass is 460 g/mol. The first kappa shape index (κ1) is 24.5. The predicted octanol–water partition coefficient (Wildman–Crippen LogP) is 5.62. The molecule has 8 heteroatoms. The lowest BCUT2D eigenvalue weighted by Gasteiger charge is -2.38. The molecule has 1 saturated heterocycles. The molecule has 176 valence electrons. The minimum atomic E-state index is -0.787. The second-order valence-corrected chi connectivity index (χ2v) is 10.2. The maximum absolute atomic E-state index is 11.3. The number of aliphatic carboxylic acids is 1. The van der Waals surface area contributed by atoms with Crippen LogP contribution in [0.5, 0.6) is 0 Å². The quantitative estimate of drug-likeness (QED) is 0.475. The molecule has 2 N–H and O–H groups in total. The number of rotatable bonds is 10. The molecular formula is C24H36N4O3S. The zero-order chi connectivity index (χ0) is 23.3. The predicted molar refractivity (Wildman–Crippen MR) is 130 cm³/mol. The lowest BCUT2D eigenvalue weighted by Crippen LogP contribution is -2.42. The number of nitrogens with one attached hydrogen (secondary N) is 1. The van der Waals surface area contributed by atoms with E-state index in [2.05, 4.69) is 65.5 Å². The molecule has 1 fully saturated rings. The highest BCUT2D eigenvalue weighted by Crippen LogP contribution is 2.36. The Bertz CT molecular complexity index is 893. The van der Waals surface area contributed by atoms with Crippen molar-refractivity contribution in [2.45, 2.75) is 71.8 Å². The Morgan fingerprint density at radius 1 is 1.25 bits per heavy atom. The SMILES string of the molecule is CC(C)CN(c1ccc([C@H](C)CC(=O)O)cc1Nc1nc(C(C)C)ns1)C1CCOCC1. The minimum Gasteiger partial charge on any atom is -0.481 e. The summed E-state index contributed by atoms with van der Waals surface area (Å²) in [4.78, 5) is 18.4. The number of carboxylic acid groups (broad SMARTS) is 1. The van der Waals surface area contributed by atoms with E-state index in [1.807, 2.05) is 6.92 Å². The van der Waals surface area contributed by atoms with Gasteiger partial charge < -0.3 is 20.1 Å². The average Bonchev–Trinajstić information content (AvgIpc) is 3.21. The molecule has 0 bridgehead atoms. The van der Waals surface area contributed by atoms with Crippen molar-refractivity contribution >= 4 is 34.0 Å². The van der Waals surface area contributed by atoms with Crippen LogP contribution in [0.3, 0.4) is 0 Å². The van der Waals surface area contributed by atoms with Crippen molar-refractivity contribution in [2.24, 2.45) is 5.92 Å². The Morgan fingerprint density at radius 2 is 1.97 bits per heavy atom. The van der Waals surface area contributed by atoms with Gasteiger partial charge in [-0.05, 0) is 42.4 Å². The van der Waals surface area contributed by atoms with Crippen LogP contribution < -0.4 is 10.2 Å². The molecule has 0 spiro atoms. The van der Waals surface area contributed by atoms with Crippen LogP contribution in [0.4, 0.5) is 16.5 Å². The summed E-state index contributed by atoms with van der Waals surface area (Å²) in [5.74, 6) is 0.737. The molecule has 1 atom stereocenters. The third-order valence-corrected chi connectivity index (χ3v) is 6.42. The lowest BCUT2D eigenvalue weighted by atomic mass is 9.95. The van der Waals surface area contributed by atoms with Gasteiger partial charge in [0.15, 0.2) is 0 Å². The smallest absolute Gasteiger partial charge is 0.303 e. The number of benzene rings is 1. The van der Waals surface area contributed by atoms with Gasteiger partial charge in [-0.3, -0.25) is 4.79 Å². The number of hydrogen-bond donors (Lipinski definition) is 2. The summed E-state index contributed by atoms with van der Waals surface area (Å²) >= 11 is 1.36. The third-order valence-electron chi connectivity index (χ3n) is 5.77. The van der Waals surface area contributed by atoms with E-state index < -0.39 is 5.97 Å². The Morgan fingerprint density at radius 3 is 2.56 bits per heavy atom. The molecule has 1 aliphatic heterocycles. The number of nitrogens with zero attached hydrogens (tertiary/aromatic N) is 3. The molecule has 0 amide bonds. The largest absolute Gasteiger partial charge is 0.481 e. The fourth-order valence-electron chi connectivity index (χ4n) is 4.06. The first-order valence-electron chi connectivity index (χ1n) is 11.5. The van der Waals surface area contributed by atoms with Gasteiger partial charge in [-0.2, -0.15) is 4.37 Å². The zero-order valence-electron chi connectivity index (χ0n) is 19.8. The van der Waals surface area contributed by atoms with Gasteiger partial charge in [0.2, 0.25) is 5.13 Å². The Balaban J connectivity index is 2.00. The summed E-state index contributed by atoms with van der Waals surface area (Å²) < 4.78 is 10.1. The second-order valence-electron chi connectivity index (χ2n) is 9.40. The van der Waals surface area contributed by atoms with Crippen LogP contribution >= 0.6 is 11.5 Å². The summed E-state index contributed by atoms with van der Waals surface area (Å²) in [6.45, 7) is 13.1. The van der Waals surface area contributed by atoms with Crippen molar-refractivity contribution in [3.63, 3.8) is 0 Å². The number of aromatic nitrogens is 2. The van der Waals surface area contributed by atoms with E-state index >= 15 is 0 Å².